The zero-order valence-corrected chi connectivity index (χ0v) is 17.2. The summed E-state index contributed by atoms with van der Waals surface area (Å²) in [6, 6.07) is 17.0. The van der Waals surface area contributed by atoms with Gasteiger partial charge in [0.2, 0.25) is 5.91 Å². The van der Waals surface area contributed by atoms with E-state index in [9.17, 15) is 9.59 Å². The average Bonchev–Trinajstić information content (AvgIpc) is 2.77. The van der Waals surface area contributed by atoms with Crippen molar-refractivity contribution in [2.24, 2.45) is 0 Å². The van der Waals surface area contributed by atoms with E-state index in [2.05, 4.69) is 27.4 Å². The molecule has 2 N–H and O–H groups in total. The molecule has 1 heterocycles. The van der Waals surface area contributed by atoms with Gasteiger partial charge in [0.25, 0.3) is 5.56 Å². The van der Waals surface area contributed by atoms with Crippen LogP contribution in [0, 0.1) is 0 Å². The molecule has 7 heteroatoms. The number of hydrogen-bond acceptors (Lipinski definition) is 5. The first-order valence-corrected chi connectivity index (χ1v) is 10.1. The molecule has 0 aliphatic rings. The monoisotopic (exact) mass is 406 g/mol. The molecule has 0 radical (unpaired) electrons. The van der Waals surface area contributed by atoms with Gasteiger partial charge in [0, 0.05) is 24.9 Å². The van der Waals surface area contributed by atoms with Crippen LogP contribution < -0.4 is 15.6 Å². The molecule has 1 atom stereocenters. The van der Waals surface area contributed by atoms with Gasteiger partial charge in [0.1, 0.15) is 11.4 Å². The maximum Gasteiger partial charge on any atom is 0.273 e. The number of benzene rings is 2. The lowest BCUT2D eigenvalue weighted by atomic mass is 10.2. The second-order valence-electron chi connectivity index (χ2n) is 7.08. The number of amides is 1. The number of carbonyl (C=O) groups excluding carboxylic acids is 1. The molecule has 30 heavy (non-hydrogen) atoms. The summed E-state index contributed by atoms with van der Waals surface area (Å²) in [6.07, 6.45) is 1.39. The summed E-state index contributed by atoms with van der Waals surface area (Å²) in [4.78, 5) is 27.2. The molecule has 1 aromatic heterocycles. The number of ether oxygens (including phenoxy) is 1. The lowest BCUT2D eigenvalue weighted by Crippen LogP contribution is -2.25. The lowest BCUT2D eigenvalue weighted by molar-refractivity contribution is -0.121. The lowest BCUT2D eigenvalue weighted by Gasteiger charge is -2.13. The minimum atomic E-state index is -0.343. The second-order valence-corrected chi connectivity index (χ2v) is 7.08. The van der Waals surface area contributed by atoms with Crippen molar-refractivity contribution in [3.63, 3.8) is 0 Å². The van der Waals surface area contributed by atoms with Crippen LogP contribution in [0.3, 0.4) is 0 Å². The van der Waals surface area contributed by atoms with E-state index in [1.807, 2.05) is 61.5 Å². The van der Waals surface area contributed by atoms with E-state index in [1.54, 1.807) is 0 Å². The molecule has 0 saturated heterocycles. The molecule has 0 bridgehead atoms. The number of H-pyrrole nitrogens is 1. The van der Waals surface area contributed by atoms with E-state index < -0.39 is 0 Å². The van der Waals surface area contributed by atoms with E-state index in [-0.39, 0.29) is 36.1 Å². The van der Waals surface area contributed by atoms with Crippen molar-refractivity contribution >= 4 is 5.91 Å². The first kappa shape index (κ1) is 21.2. The fourth-order valence-corrected chi connectivity index (χ4v) is 2.80. The molecular formula is C23H26N4O3. The van der Waals surface area contributed by atoms with Crippen molar-refractivity contribution in [2.45, 2.75) is 45.8 Å². The molecule has 156 valence electrons. The van der Waals surface area contributed by atoms with Gasteiger partial charge in [-0.1, -0.05) is 49.4 Å². The summed E-state index contributed by atoms with van der Waals surface area (Å²) in [5.41, 5.74) is 1.63. The quantitative estimate of drug-likeness (QED) is 0.569. The normalized spacial score (nSPS) is 11.7. The Morgan fingerprint density at radius 1 is 1.13 bits per heavy atom. The Labute approximate surface area is 175 Å². The second kappa shape index (κ2) is 10.3. The first-order valence-electron chi connectivity index (χ1n) is 10.1. The summed E-state index contributed by atoms with van der Waals surface area (Å²) < 4.78 is 5.81. The summed E-state index contributed by atoms with van der Waals surface area (Å²) in [5, 5.41) is 11.0. The van der Waals surface area contributed by atoms with Crippen LogP contribution in [0.4, 0.5) is 0 Å². The maximum atomic E-state index is 12.4. The highest BCUT2D eigenvalue weighted by atomic mass is 16.5. The van der Waals surface area contributed by atoms with E-state index in [0.717, 1.165) is 12.0 Å². The van der Waals surface area contributed by atoms with E-state index in [1.165, 1.54) is 0 Å². The Bertz CT molecular complexity index is 1030. The third-order valence-corrected chi connectivity index (χ3v) is 4.71. The zero-order valence-electron chi connectivity index (χ0n) is 17.2. The van der Waals surface area contributed by atoms with Gasteiger partial charge < -0.3 is 15.0 Å². The van der Waals surface area contributed by atoms with Crippen LogP contribution in [0.1, 0.15) is 37.9 Å². The minimum Gasteiger partial charge on any atom is -0.491 e. The molecule has 0 unspecified atom stereocenters. The fourth-order valence-electron chi connectivity index (χ4n) is 2.80. The SMILES string of the molecule is CC[C@@H](C)Oc1cccc(-c2nnc(CCC(=O)NCc3ccccc3)c(=O)[nH]2)c1. The van der Waals surface area contributed by atoms with Crippen molar-refractivity contribution in [2.75, 3.05) is 0 Å². The van der Waals surface area contributed by atoms with Crippen molar-refractivity contribution in [3.8, 4) is 17.1 Å². The van der Waals surface area contributed by atoms with E-state index >= 15 is 0 Å². The Morgan fingerprint density at radius 2 is 1.93 bits per heavy atom. The molecule has 0 aliphatic heterocycles. The molecule has 3 rings (SSSR count). The van der Waals surface area contributed by atoms with Crippen LogP contribution in [0.15, 0.2) is 59.4 Å². The predicted molar refractivity (Wildman–Crippen MR) is 115 cm³/mol. The number of aromatic amines is 1. The summed E-state index contributed by atoms with van der Waals surface area (Å²) >= 11 is 0. The van der Waals surface area contributed by atoms with Gasteiger partial charge in [-0.15, -0.1) is 10.2 Å². The van der Waals surface area contributed by atoms with E-state index in [0.29, 0.717) is 23.7 Å². The highest BCUT2D eigenvalue weighted by Crippen LogP contribution is 2.21. The Hall–Kier alpha value is -3.48. The summed E-state index contributed by atoms with van der Waals surface area (Å²) in [7, 11) is 0. The van der Waals surface area contributed by atoms with Crippen molar-refractivity contribution in [1.29, 1.82) is 0 Å². The Balaban J connectivity index is 1.59. The number of carbonyl (C=O) groups is 1. The summed E-state index contributed by atoms with van der Waals surface area (Å²) in [6.45, 7) is 4.51. The van der Waals surface area contributed by atoms with Crippen molar-refractivity contribution in [3.05, 3.63) is 76.2 Å². The first-order chi connectivity index (χ1) is 14.5. The highest BCUT2D eigenvalue weighted by molar-refractivity contribution is 5.76. The summed E-state index contributed by atoms with van der Waals surface area (Å²) in [5.74, 6) is 0.939. The third kappa shape index (κ3) is 6.01. The predicted octanol–water partition coefficient (Wildman–Crippen LogP) is 3.26. The van der Waals surface area contributed by atoms with Crippen LogP contribution in [-0.4, -0.2) is 27.2 Å². The fraction of sp³-hybridized carbons (Fsp3) is 0.304. The smallest absolute Gasteiger partial charge is 0.273 e. The van der Waals surface area contributed by atoms with Gasteiger partial charge in [-0.2, -0.15) is 0 Å². The number of rotatable bonds is 9. The van der Waals surface area contributed by atoms with Crippen LogP contribution in [-0.2, 0) is 17.8 Å². The molecule has 7 nitrogen and oxygen atoms in total. The molecule has 2 aromatic carbocycles. The van der Waals surface area contributed by atoms with Gasteiger partial charge in [0.15, 0.2) is 5.82 Å². The molecule has 1 amide bonds. The van der Waals surface area contributed by atoms with Crippen LogP contribution >= 0.6 is 0 Å². The standard InChI is InChI=1S/C23H26N4O3/c1-3-16(2)30-19-11-7-10-18(14-19)22-25-23(29)20(26-27-22)12-13-21(28)24-15-17-8-5-4-6-9-17/h4-11,14,16H,3,12-13,15H2,1-2H3,(H,24,28)(H,25,27,29)/t16-/m1/s1. The zero-order chi connectivity index (χ0) is 21.3. The molecule has 3 aromatic rings. The number of aromatic nitrogens is 3. The Kier molecular flexibility index (Phi) is 7.32. The van der Waals surface area contributed by atoms with Crippen molar-refractivity contribution in [1.82, 2.24) is 20.5 Å². The minimum absolute atomic E-state index is 0.0980. The van der Waals surface area contributed by atoms with Gasteiger partial charge in [-0.25, -0.2) is 0 Å². The molecule has 0 spiro atoms. The van der Waals surface area contributed by atoms with E-state index in [4.69, 9.17) is 4.74 Å². The Morgan fingerprint density at radius 3 is 2.67 bits per heavy atom. The van der Waals surface area contributed by atoms with Crippen LogP contribution in [0.5, 0.6) is 5.75 Å². The molecule has 0 saturated carbocycles. The molecule has 0 fully saturated rings. The van der Waals surface area contributed by atoms with Crippen LogP contribution in [0.25, 0.3) is 11.4 Å². The van der Waals surface area contributed by atoms with Gasteiger partial charge in [-0.3, -0.25) is 9.59 Å². The van der Waals surface area contributed by atoms with Gasteiger partial charge >= 0.3 is 0 Å². The van der Waals surface area contributed by atoms with Gasteiger partial charge in [-0.05, 0) is 31.0 Å². The molecular weight excluding hydrogens is 380 g/mol. The molecule has 0 aliphatic carbocycles. The largest absolute Gasteiger partial charge is 0.491 e. The topological polar surface area (TPSA) is 97.0 Å². The number of nitrogens with one attached hydrogen (secondary N) is 2. The van der Waals surface area contributed by atoms with Gasteiger partial charge in [0.05, 0.1) is 6.10 Å². The highest BCUT2D eigenvalue weighted by Gasteiger charge is 2.10. The van der Waals surface area contributed by atoms with Crippen molar-refractivity contribution < 1.29 is 9.53 Å². The number of hydrogen-bond donors (Lipinski definition) is 2. The number of aryl methyl sites for hydroxylation is 1. The number of nitrogens with zero attached hydrogens (tertiary/aromatic N) is 2. The average molecular weight is 406 g/mol. The van der Waals surface area contributed by atoms with Crippen LogP contribution in [0.2, 0.25) is 0 Å². The maximum absolute atomic E-state index is 12.4. The third-order valence-electron chi connectivity index (χ3n) is 4.71.